The Labute approximate surface area is 144 Å². The minimum absolute atomic E-state index is 0.535. The summed E-state index contributed by atoms with van der Waals surface area (Å²) >= 11 is 2.95. The summed E-state index contributed by atoms with van der Waals surface area (Å²) in [6.07, 6.45) is 9.29. The first-order valence-electron chi connectivity index (χ1n) is 7.06. The van der Waals surface area contributed by atoms with Crippen molar-refractivity contribution in [2.75, 3.05) is 0 Å². The van der Waals surface area contributed by atoms with Crippen LogP contribution in [0.1, 0.15) is 4.88 Å². The summed E-state index contributed by atoms with van der Waals surface area (Å²) in [6, 6.07) is 3.90. The van der Waals surface area contributed by atoms with E-state index in [1.807, 2.05) is 51.9 Å². The van der Waals surface area contributed by atoms with Crippen molar-refractivity contribution in [2.24, 2.45) is 9.98 Å². The molecule has 2 N–H and O–H groups in total. The van der Waals surface area contributed by atoms with Gasteiger partial charge in [0.15, 0.2) is 5.82 Å². The van der Waals surface area contributed by atoms with Gasteiger partial charge in [0.25, 0.3) is 0 Å². The van der Waals surface area contributed by atoms with Crippen LogP contribution < -0.4 is 16.1 Å². The van der Waals surface area contributed by atoms with Crippen LogP contribution in [0.5, 0.6) is 0 Å². The number of aliphatic imine (C=N–C) groups is 1. The molecule has 0 radical (unpaired) electrons. The Morgan fingerprint density at radius 3 is 3.17 bits per heavy atom. The third-order valence-corrected chi connectivity index (χ3v) is 5.00. The molecule has 3 aromatic heterocycles. The largest absolute Gasteiger partial charge is 0.356 e. The standard InChI is InChI=1S/C14H10N8S2/c1-3-22-10(6-17-24-22)5-9(1)18-14-19-13-12(11-7-15-8-23-11)16-2-4-21(13)20-14/h1-8,16H,(H,19,20). The lowest BCUT2D eigenvalue weighted by molar-refractivity contribution is 0.432. The molecular weight excluding hydrogens is 344 g/mol. The highest BCUT2D eigenvalue weighted by Gasteiger charge is 2.25. The van der Waals surface area contributed by atoms with Crippen LogP contribution in [0.15, 0.2) is 64.4 Å². The summed E-state index contributed by atoms with van der Waals surface area (Å²) in [5.41, 5.74) is 6.88. The monoisotopic (exact) mass is 354 g/mol. The van der Waals surface area contributed by atoms with Crippen LogP contribution in [0.2, 0.25) is 0 Å². The number of rotatable bonds is 1. The van der Waals surface area contributed by atoms with E-state index in [-0.39, 0.29) is 0 Å². The Morgan fingerprint density at radius 2 is 2.25 bits per heavy atom. The molecule has 3 aromatic rings. The molecule has 0 amide bonds. The normalized spacial score (nSPS) is 17.1. The highest BCUT2D eigenvalue weighted by molar-refractivity contribution is 7.10. The molecule has 0 fully saturated rings. The van der Waals surface area contributed by atoms with Gasteiger partial charge in [0.2, 0.25) is 5.96 Å². The molecule has 118 valence electrons. The number of hydrazine groups is 1. The fourth-order valence-corrected chi connectivity index (χ4v) is 3.63. The van der Waals surface area contributed by atoms with E-state index < -0.39 is 0 Å². The number of nitrogens with one attached hydrogen (secondary N) is 2. The zero-order valence-electron chi connectivity index (χ0n) is 12.1. The summed E-state index contributed by atoms with van der Waals surface area (Å²) in [5.74, 6) is 1.31. The van der Waals surface area contributed by atoms with Crippen LogP contribution in [0.25, 0.3) is 11.2 Å². The molecule has 0 bridgehead atoms. The number of pyridine rings is 1. The first-order valence-corrected chi connectivity index (χ1v) is 8.67. The van der Waals surface area contributed by atoms with Gasteiger partial charge in [0, 0.05) is 24.8 Å². The Bertz CT molecular complexity index is 1070. The minimum atomic E-state index is 0.535. The fourth-order valence-electron chi connectivity index (χ4n) is 2.44. The van der Waals surface area contributed by atoms with Crippen LogP contribution in [0.4, 0.5) is 0 Å². The molecular formula is C14H10N8S2. The van der Waals surface area contributed by atoms with Crippen molar-refractivity contribution in [2.45, 2.75) is 0 Å². The topological polar surface area (TPSA) is 82.2 Å². The third-order valence-electron chi connectivity index (χ3n) is 3.50. The highest BCUT2D eigenvalue weighted by Crippen LogP contribution is 2.27. The molecule has 2 aliphatic rings. The molecule has 5 rings (SSSR count). The van der Waals surface area contributed by atoms with E-state index in [0.29, 0.717) is 5.96 Å². The second-order valence-electron chi connectivity index (χ2n) is 5.01. The molecule has 5 heterocycles. The van der Waals surface area contributed by atoms with Gasteiger partial charge in [-0.3, -0.25) is 14.2 Å². The first kappa shape index (κ1) is 13.5. The van der Waals surface area contributed by atoms with Gasteiger partial charge in [-0.1, -0.05) is 0 Å². The van der Waals surface area contributed by atoms with Gasteiger partial charge in [-0.25, -0.2) is 10.0 Å². The molecule has 0 saturated heterocycles. The summed E-state index contributed by atoms with van der Waals surface area (Å²) in [6.45, 7) is 0. The Kier molecular flexibility index (Phi) is 2.96. The molecule has 24 heavy (non-hydrogen) atoms. The molecule has 0 unspecified atom stereocenters. The predicted octanol–water partition coefficient (Wildman–Crippen LogP) is 1.33. The van der Waals surface area contributed by atoms with E-state index in [0.717, 1.165) is 27.3 Å². The molecule has 2 aliphatic heterocycles. The summed E-state index contributed by atoms with van der Waals surface area (Å²) < 4.78 is 6.13. The van der Waals surface area contributed by atoms with Crippen molar-refractivity contribution in [3.8, 4) is 0 Å². The molecule has 0 spiro atoms. The maximum absolute atomic E-state index is 4.60. The molecule has 10 heteroatoms. The number of nitrogens with zero attached hydrogens (tertiary/aromatic N) is 6. The quantitative estimate of drug-likeness (QED) is 0.689. The van der Waals surface area contributed by atoms with Gasteiger partial charge >= 0.3 is 0 Å². The van der Waals surface area contributed by atoms with Gasteiger partial charge in [0.1, 0.15) is 5.70 Å². The van der Waals surface area contributed by atoms with Gasteiger partial charge in [0.05, 0.1) is 39.2 Å². The second-order valence-corrected chi connectivity index (χ2v) is 6.66. The summed E-state index contributed by atoms with van der Waals surface area (Å²) in [4.78, 5) is 14.3. The Morgan fingerprint density at radius 1 is 1.25 bits per heavy atom. The molecule has 0 saturated carbocycles. The third kappa shape index (κ3) is 2.20. The minimum Gasteiger partial charge on any atom is -0.356 e. The van der Waals surface area contributed by atoms with E-state index in [4.69, 9.17) is 0 Å². The smallest absolute Gasteiger partial charge is 0.244 e. The van der Waals surface area contributed by atoms with Crippen LogP contribution in [-0.4, -0.2) is 24.1 Å². The summed E-state index contributed by atoms with van der Waals surface area (Å²) in [5, 5.41) is 5.88. The van der Waals surface area contributed by atoms with Crippen molar-refractivity contribution in [1.82, 2.24) is 28.9 Å². The van der Waals surface area contributed by atoms with Crippen molar-refractivity contribution >= 4 is 40.2 Å². The van der Waals surface area contributed by atoms with Crippen molar-refractivity contribution in [3.63, 3.8) is 0 Å². The maximum Gasteiger partial charge on any atom is 0.244 e. The number of hydrogen-bond donors (Lipinski definition) is 2. The lowest BCUT2D eigenvalue weighted by atomic mass is 10.3. The number of aromatic nitrogens is 3. The zero-order chi connectivity index (χ0) is 15.9. The average Bonchev–Trinajstić information content (AvgIpc) is 3.33. The predicted molar refractivity (Wildman–Crippen MR) is 92.4 cm³/mol. The van der Waals surface area contributed by atoms with Crippen LogP contribution in [-0.2, 0) is 0 Å². The van der Waals surface area contributed by atoms with E-state index in [1.54, 1.807) is 16.8 Å². The van der Waals surface area contributed by atoms with Gasteiger partial charge in [-0.15, -0.1) is 11.3 Å². The molecule has 0 aromatic carbocycles. The SMILES string of the molecule is C1=CN2NC(N=c3ccn4sncc4c3)=NC2=C(c2cncs2)N1. The lowest BCUT2D eigenvalue weighted by Gasteiger charge is -2.20. The first-order chi connectivity index (χ1) is 11.9. The van der Waals surface area contributed by atoms with E-state index in [2.05, 4.69) is 30.1 Å². The van der Waals surface area contributed by atoms with Crippen molar-refractivity contribution in [3.05, 3.63) is 64.7 Å². The molecule has 8 nitrogen and oxygen atoms in total. The number of guanidine groups is 1. The number of hydrogen-bond acceptors (Lipinski definition) is 9. The van der Waals surface area contributed by atoms with Crippen LogP contribution in [0, 0.1) is 0 Å². The molecule has 0 aliphatic carbocycles. The molecule has 0 atom stereocenters. The Balaban J connectivity index is 1.58. The highest BCUT2D eigenvalue weighted by atomic mass is 32.1. The Hall–Kier alpha value is -2.98. The van der Waals surface area contributed by atoms with Gasteiger partial charge in [-0.05, 0) is 12.1 Å². The maximum atomic E-state index is 4.60. The van der Waals surface area contributed by atoms with Crippen molar-refractivity contribution < 1.29 is 0 Å². The zero-order valence-corrected chi connectivity index (χ0v) is 13.8. The van der Waals surface area contributed by atoms with E-state index in [9.17, 15) is 0 Å². The number of thiazole rings is 1. The van der Waals surface area contributed by atoms with Crippen LogP contribution >= 0.6 is 23.1 Å². The summed E-state index contributed by atoms with van der Waals surface area (Å²) in [7, 11) is 0. The van der Waals surface area contributed by atoms with E-state index in [1.165, 1.54) is 11.7 Å². The van der Waals surface area contributed by atoms with Crippen molar-refractivity contribution in [1.29, 1.82) is 0 Å². The van der Waals surface area contributed by atoms with Gasteiger partial charge < -0.3 is 5.32 Å². The van der Waals surface area contributed by atoms with Crippen LogP contribution in [0.3, 0.4) is 0 Å². The lowest BCUT2D eigenvalue weighted by Crippen LogP contribution is -2.33. The van der Waals surface area contributed by atoms with E-state index >= 15 is 0 Å². The average molecular weight is 354 g/mol. The van der Waals surface area contributed by atoms with Gasteiger partial charge in [-0.2, -0.15) is 9.37 Å². The second kappa shape index (κ2) is 5.28. The number of fused-ring (bicyclic) bond motifs is 2. The fraction of sp³-hybridized carbons (Fsp3) is 0.